The van der Waals surface area contributed by atoms with Crippen LogP contribution in [0.2, 0.25) is 0 Å². The molecule has 0 aliphatic carbocycles. The zero-order chi connectivity index (χ0) is 15.9. The van der Waals surface area contributed by atoms with Crippen LogP contribution in [0.25, 0.3) is 16.6 Å². The highest BCUT2D eigenvalue weighted by Crippen LogP contribution is 2.30. The molecule has 7 heteroatoms. The van der Waals surface area contributed by atoms with E-state index in [0.717, 1.165) is 22.3 Å². The van der Waals surface area contributed by atoms with Crippen LogP contribution in [0.5, 0.6) is 5.75 Å². The summed E-state index contributed by atoms with van der Waals surface area (Å²) in [7, 11) is 0. The molecule has 0 saturated heterocycles. The summed E-state index contributed by atoms with van der Waals surface area (Å²) in [6.07, 6.45) is -2.92. The Bertz CT molecular complexity index is 840. The van der Waals surface area contributed by atoms with Crippen LogP contribution in [0.3, 0.4) is 0 Å². The number of hydrogen-bond acceptors (Lipinski definition) is 3. The monoisotopic (exact) mass is 307 g/mol. The van der Waals surface area contributed by atoms with Crippen molar-refractivity contribution in [2.24, 2.45) is 0 Å². The van der Waals surface area contributed by atoms with Crippen LogP contribution in [-0.2, 0) is 0 Å². The fraction of sp³-hybridized carbons (Fsp3) is 0.200. The van der Waals surface area contributed by atoms with E-state index in [1.54, 1.807) is 23.7 Å². The maximum Gasteiger partial charge on any atom is 0.573 e. The third kappa shape index (κ3) is 2.74. The van der Waals surface area contributed by atoms with Crippen LogP contribution in [0.15, 0.2) is 36.5 Å². The van der Waals surface area contributed by atoms with Gasteiger partial charge in [-0.3, -0.25) is 0 Å². The van der Waals surface area contributed by atoms with E-state index in [9.17, 15) is 13.2 Å². The molecule has 0 bridgehead atoms. The molecule has 0 aliphatic rings. The van der Waals surface area contributed by atoms with Gasteiger partial charge in [-0.05, 0) is 54.8 Å². The van der Waals surface area contributed by atoms with Gasteiger partial charge in [0.05, 0.1) is 11.2 Å². The summed E-state index contributed by atoms with van der Waals surface area (Å²) >= 11 is 0. The fourth-order valence-corrected chi connectivity index (χ4v) is 2.33. The van der Waals surface area contributed by atoms with Gasteiger partial charge < -0.3 is 4.74 Å². The first kappa shape index (κ1) is 14.4. The van der Waals surface area contributed by atoms with E-state index in [1.807, 2.05) is 19.1 Å². The molecule has 114 valence electrons. The van der Waals surface area contributed by atoms with Gasteiger partial charge in [-0.25, -0.2) is 4.52 Å². The second-order valence-electron chi connectivity index (χ2n) is 4.94. The standard InChI is InChI=1S/C15H12F3N3O/c1-9-7-12(22-15(16,17)18)3-4-13(9)11-5-6-21-14(8-11)10(2)19-20-21/h3-8H,1-2H3. The molecule has 0 radical (unpaired) electrons. The van der Waals surface area contributed by atoms with Crippen LogP contribution in [0.4, 0.5) is 13.2 Å². The number of ether oxygens (including phenoxy) is 1. The molecule has 22 heavy (non-hydrogen) atoms. The Morgan fingerprint density at radius 2 is 1.86 bits per heavy atom. The summed E-state index contributed by atoms with van der Waals surface area (Å²) in [6.45, 7) is 3.59. The number of alkyl halides is 3. The summed E-state index contributed by atoms with van der Waals surface area (Å²) in [5, 5.41) is 7.93. The molecule has 2 heterocycles. The number of pyridine rings is 1. The Balaban J connectivity index is 2.01. The second kappa shape index (κ2) is 5.01. The molecule has 0 aliphatic heterocycles. The minimum Gasteiger partial charge on any atom is -0.406 e. The molecular formula is C15H12F3N3O. The zero-order valence-corrected chi connectivity index (χ0v) is 11.8. The van der Waals surface area contributed by atoms with E-state index >= 15 is 0 Å². The Labute approximate surface area is 124 Å². The number of aromatic nitrogens is 3. The number of nitrogens with zero attached hydrogens (tertiary/aromatic N) is 3. The van der Waals surface area contributed by atoms with Crippen molar-refractivity contribution in [2.45, 2.75) is 20.2 Å². The molecule has 0 saturated carbocycles. The smallest absolute Gasteiger partial charge is 0.406 e. The minimum absolute atomic E-state index is 0.225. The van der Waals surface area contributed by atoms with Crippen LogP contribution in [0, 0.1) is 13.8 Å². The number of fused-ring (bicyclic) bond motifs is 1. The van der Waals surface area contributed by atoms with Gasteiger partial charge in [-0.1, -0.05) is 11.3 Å². The molecule has 3 rings (SSSR count). The lowest BCUT2D eigenvalue weighted by Crippen LogP contribution is -2.17. The van der Waals surface area contributed by atoms with E-state index in [4.69, 9.17) is 0 Å². The van der Waals surface area contributed by atoms with E-state index < -0.39 is 6.36 Å². The first-order chi connectivity index (χ1) is 10.3. The highest BCUT2D eigenvalue weighted by molar-refractivity contribution is 5.72. The van der Waals surface area contributed by atoms with Crippen molar-refractivity contribution in [3.8, 4) is 16.9 Å². The van der Waals surface area contributed by atoms with Gasteiger partial charge in [-0.2, -0.15) is 0 Å². The van der Waals surface area contributed by atoms with Crippen LogP contribution in [0.1, 0.15) is 11.3 Å². The largest absolute Gasteiger partial charge is 0.573 e. The van der Waals surface area contributed by atoms with Crippen LogP contribution in [-0.4, -0.2) is 21.2 Å². The van der Waals surface area contributed by atoms with Gasteiger partial charge in [0.25, 0.3) is 0 Å². The number of rotatable bonds is 2. The molecule has 0 spiro atoms. The van der Waals surface area contributed by atoms with E-state index in [1.165, 1.54) is 12.1 Å². The van der Waals surface area contributed by atoms with Gasteiger partial charge in [0.2, 0.25) is 0 Å². The number of hydrogen-bond donors (Lipinski definition) is 0. The highest BCUT2D eigenvalue weighted by atomic mass is 19.4. The zero-order valence-electron chi connectivity index (χ0n) is 11.8. The van der Waals surface area contributed by atoms with Crippen molar-refractivity contribution in [1.82, 2.24) is 14.8 Å². The lowest BCUT2D eigenvalue weighted by Gasteiger charge is -2.12. The van der Waals surface area contributed by atoms with Crippen LogP contribution < -0.4 is 4.74 Å². The van der Waals surface area contributed by atoms with Crippen LogP contribution >= 0.6 is 0 Å². The van der Waals surface area contributed by atoms with Crippen molar-refractivity contribution >= 4 is 5.52 Å². The van der Waals surface area contributed by atoms with E-state index in [2.05, 4.69) is 15.0 Å². The normalized spacial score (nSPS) is 11.9. The molecule has 0 unspecified atom stereocenters. The SMILES string of the molecule is Cc1cc(OC(F)(F)F)ccc1-c1ccn2nnc(C)c2c1. The Morgan fingerprint density at radius 1 is 1.09 bits per heavy atom. The van der Waals surface area contributed by atoms with Gasteiger partial charge >= 0.3 is 6.36 Å². The van der Waals surface area contributed by atoms with Crippen molar-refractivity contribution in [3.63, 3.8) is 0 Å². The first-order valence-corrected chi connectivity index (χ1v) is 6.52. The van der Waals surface area contributed by atoms with Crippen molar-refractivity contribution in [1.29, 1.82) is 0 Å². The average molecular weight is 307 g/mol. The minimum atomic E-state index is -4.69. The molecule has 0 N–H and O–H groups in total. The molecule has 0 fully saturated rings. The van der Waals surface area contributed by atoms with Crippen molar-refractivity contribution in [3.05, 3.63) is 47.8 Å². The molecule has 4 nitrogen and oxygen atoms in total. The van der Waals surface area contributed by atoms with Gasteiger partial charge in [-0.15, -0.1) is 18.3 Å². The fourth-order valence-electron chi connectivity index (χ4n) is 2.33. The Morgan fingerprint density at radius 3 is 2.55 bits per heavy atom. The summed E-state index contributed by atoms with van der Waals surface area (Å²) in [4.78, 5) is 0. The number of aryl methyl sites for hydroxylation is 2. The second-order valence-corrected chi connectivity index (χ2v) is 4.94. The first-order valence-electron chi connectivity index (χ1n) is 6.52. The van der Waals surface area contributed by atoms with E-state index in [-0.39, 0.29) is 5.75 Å². The molecule has 3 aromatic rings. The highest BCUT2D eigenvalue weighted by Gasteiger charge is 2.31. The van der Waals surface area contributed by atoms with Crippen molar-refractivity contribution in [2.75, 3.05) is 0 Å². The molecule has 0 amide bonds. The quantitative estimate of drug-likeness (QED) is 0.720. The predicted molar refractivity (Wildman–Crippen MR) is 74.6 cm³/mol. The lowest BCUT2D eigenvalue weighted by atomic mass is 10.0. The van der Waals surface area contributed by atoms with Gasteiger partial charge in [0, 0.05) is 6.20 Å². The number of benzene rings is 1. The maximum atomic E-state index is 12.2. The predicted octanol–water partition coefficient (Wildman–Crippen LogP) is 3.91. The summed E-state index contributed by atoms with van der Waals surface area (Å²) in [6, 6.07) is 8.03. The molecule has 0 atom stereocenters. The summed E-state index contributed by atoms with van der Waals surface area (Å²) < 4.78 is 42.3. The van der Waals surface area contributed by atoms with E-state index in [0.29, 0.717) is 5.56 Å². The summed E-state index contributed by atoms with van der Waals surface area (Å²) in [5.41, 5.74) is 4.05. The maximum absolute atomic E-state index is 12.2. The Kier molecular flexibility index (Phi) is 3.27. The molecule has 2 aromatic heterocycles. The average Bonchev–Trinajstić information content (AvgIpc) is 2.78. The third-order valence-corrected chi connectivity index (χ3v) is 3.34. The van der Waals surface area contributed by atoms with Crippen molar-refractivity contribution < 1.29 is 17.9 Å². The Hall–Kier alpha value is -2.57. The van der Waals surface area contributed by atoms with Gasteiger partial charge in [0.1, 0.15) is 5.75 Å². The molecule has 1 aromatic carbocycles. The lowest BCUT2D eigenvalue weighted by molar-refractivity contribution is -0.274. The van der Waals surface area contributed by atoms with Gasteiger partial charge in [0.15, 0.2) is 0 Å². The summed E-state index contributed by atoms with van der Waals surface area (Å²) in [5.74, 6) is -0.225. The third-order valence-electron chi connectivity index (χ3n) is 3.34. The number of halogens is 3. The topological polar surface area (TPSA) is 39.4 Å². The molecular weight excluding hydrogens is 295 g/mol.